The highest BCUT2D eigenvalue weighted by atomic mass is 16.7. The van der Waals surface area contributed by atoms with E-state index in [4.69, 9.17) is 18.9 Å². The zero-order valence-electron chi connectivity index (χ0n) is 12.2. The van der Waals surface area contributed by atoms with Gasteiger partial charge in [-0.2, -0.15) is 0 Å². The van der Waals surface area contributed by atoms with E-state index < -0.39 is 52.3 Å². The molecule has 7 heteroatoms. The molecule has 4 aliphatic heterocycles. The average Bonchev–Trinajstić information content (AvgIpc) is 3.28. The fourth-order valence-electron chi connectivity index (χ4n) is 6.03. The van der Waals surface area contributed by atoms with Crippen LogP contribution in [0, 0.1) is 17.3 Å². The van der Waals surface area contributed by atoms with Gasteiger partial charge in [0.1, 0.15) is 12.2 Å². The van der Waals surface area contributed by atoms with E-state index in [1.54, 1.807) is 0 Å². The van der Waals surface area contributed by atoms with E-state index in [0.29, 0.717) is 6.61 Å². The highest BCUT2D eigenvalue weighted by Crippen LogP contribution is 2.77. The predicted octanol–water partition coefficient (Wildman–Crippen LogP) is -0.849. The Bertz CT molecular complexity index is 671. The lowest BCUT2D eigenvalue weighted by molar-refractivity contribution is -0.207. The molecule has 9 unspecified atom stereocenters. The zero-order chi connectivity index (χ0) is 15.3. The molecule has 1 spiro atoms. The van der Waals surface area contributed by atoms with Crippen LogP contribution in [0.1, 0.15) is 20.3 Å². The molecule has 9 atom stereocenters. The second kappa shape index (κ2) is 2.83. The van der Waals surface area contributed by atoms with Crippen LogP contribution in [0.25, 0.3) is 0 Å². The topological polar surface area (TPSA) is 97.9 Å². The van der Waals surface area contributed by atoms with Crippen LogP contribution < -0.4 is 0 Å². The summed E-state index contributed by atoms with van der Waals surface area (Å²) in [6.45, 7) is 4.26. The molecule has 0 aromatic heterocycles. The third-order valence-corrected chi connectivity index (χ3v) is 7.33. The van der Waals surface area contributed by atoms with Crippen molar-refractivity contribution in [3.8, 4) is 0 Å². The molecule has 0 aromatic carbocycles. The lowest BCUT2D eigenvalue weighted by atomic mass is 9.52. The molecular weight excluding hydrogens is 292 g/mol. The van der Waals surface area contributed by atoms with Gasteiger partial charge in [-0.1, -0.05) is 0 Å². The fraction of sp³-hybridized carbons (Fsp3) is 0.867. The molecular formula is C15H16O7. The summed E-state index contributed by atoms with van der Waals surface area (Å²) in [5.74, 6) is -1.81. The number of carbonyl (C=O) groups excluding carboxylic acids is 2. The quantitative estimate of drug-likeness (QED) is 0.498. The maximum atomic E-state index is 12.5. The number of hydrogen-bond acceptors (Lipinski definition) is 7. The van der Waals surface area contributed by atoms with E-state index in [1.165, 1.54) is 0 Å². The van der Waals surface area contributed by atoms with Crippen molar-refractivity contribution in [3.05, 3.63) is 0 Å². The lowest BCUT2D eigenvalue weighted by Crippen LogP contribution is -2.68. The smallest absolute Gasteiger partial charge is 0.342 e. The number of aliphatic hydroxyl groups is 1. The first-order valence-electron chi connectivity index (χ1n) is 7.75. The van der Waals surface area contributed by atoms with Crippen LogP contribution in [0.4, 0.5) is 0 Å². The standard InChI is InChI=1S/C15H16O7/c1-12(4-19-12)6-7-10(16)20-8(6)9-13(2)14(7,18)3-5-15(13,22-5)11(17)21-9/h5-9,18H,3-4H2,1-2H3. The summed E-state index contributed by atoms with van der Waals surface area (Å²) in [6, 6.07) is 0. The monoisotopic (exact) mass is 308 g/mol. The summed E-state index contributed by atoms with van der Waals surface area (Å²) < 4.78 is 22.3. The van der Waals surface area contributed by atoms with Gasteiger partial charge in [0, 0.05) is 12.3 Å². The maximum absolute atomic E-state index is 12.5. The number of rotatable bonds is 1. The Morgan fingerprint density at radius 2 is 1.95 bits per heavy atom. The average molecular weight is 308 g/mol. The number of epoxide rings is 2. The summed E-state index contributed by atoms with van der Waals surface area (Å²) in [5, 5.41) is 11.5. The van der Waals surface area contributed by atoms with Gasteiger partial charge < -0.3 is 24.1 Å². The van der Waals surface area contributed by atoms with Gasteiger partial charge >= 0.3 is 11.9 Å². The van der Waals surface area contributed by atoms with Crippen molar-refractivity contribution in [1.29, 1.82) is 0 Å². The molecule has 7 nitrogen and oxygen atoms in total. The first kappa shape index (κ1) is 12.3. The first-order valence-corrected chi connectivity index (χ1v) is 7.75. The Balaban J connectivity index is 1.61. The van der Waals surface area contributed by atoms with Gasteiger partial charge in [0.15, 0.2) is 6.10 Å². The fourth-order valence-corrected chi connectivity index (χ4v) is 6.03. The van der Waals surface area contributed by atoms with E-state index in [0.717, 1.165) is 0 Å². The van der Waals surface area contributed by atoms with Crippen LogP contribution in [0.5, 0.6) is 0 Å². The summed E-state index contributed by atoms with van der Waals surface area (Å²) >= 11 is 0. The minimum absolute atomic E-state index is 0.272. The van der Waals surface area contributed by atoms with Gasteiger partial charge in [0.05, 0.1) is 29.1 Å². The van der Waals surface area contributed by atoms with E-state index in [1.807, 2.05) is 13.8 Å². The normalized spacial score (nSPS) is 69.1. The van der Waals surface area contributed by atoms with Crippen LogP contribution in [0.2, 0.25) is 0 Å². The third-order valence-electron chi connectivity index (χ3n) is 7.33. The molecule has 4 heterocycles. The number of esters is 2. The van der Waals surface area contributed by atoms with Crippen LogP contribution in [-0.4, -0.2) is 58.8 Å². The minimum Gasteiger partial charge on any atom is -0.458 e. The molecule has 118 valence electrons. The van der Waals surface area contributed by atoms with E-state index in [-0.39, 0.29) is 18.4 Å². The zero-order valence-corrected chi connectivity index (χ0v) is 12.2. The van der Waals surface area contributed by atoms with E-state index >= 15 is 0 Å². The van der Waals surface area contributed by atoms with Gasteiger partial charge in [0.25, 0.3) is 0 Å². The molecule has 6 fully saturated rings. The summed E-state index contributed by atoms with van der Waals surface area (Å²) in [5.41, 5.74) is -3.87. The van der Waals surface area contributed by atoms with Crippen molar-refractivity contribution >= 4 is 11.9 Å². The predicted molar refractivity (Wildman–Crippen MR) is 66.4 cm³/mol. The van der Waals surface area contributed by atoms with Crippen molar-refractivity contribution in [1.82, 2.24) is 0 Å². The highest BCUT2D eigenvalue weighted by Gasteiger charge is 2.96. The van der Waals surface area contributed by atoms with Gasteiger partial charge in [-0.15, -0.1) is 0 Å². The molecule has 6 rings (SSSR count). The molecule has 4 saturated heterocycles. The van der Waals surface area contributed by atoms with Crippen LogP contribution in [0.15, 0.2) is 0 Å². The Morgan fingerprint density at radius 3 is 2.64 bits per heavy atom. The number of ether oxygens (including phenoxy) is 4. The molecule has 2 bridgehead atoms. The Hall–Kier alpha value is -1.18. The van der Waals surface area contributed by atoms with Gasteiger partial charge in [-0.05, 0) is 13.8 Å². The van der Waals surface area contributed by atoms with E-state index in [2.05, 4.69) is 0 Å². The summed E-state index contributed by atoms with van der Waals surface area (Å²) in [7, 11) is 0. The lowest BCUT2D eigenvalue weighted by Gasteiger charge is -2.51. The molecule has 0 amide bonds. The molecule has 1 N–H and O–H groups in total. The SMILES string of the molecule is CC1(C2C3OC(=O)C2C2(O)CC4OC45C(=O)OC3C25C)CO1. The van der Waals surface area contributed by atoms with E-state index in [9.17, 15) is 14.7 Å². The third kappa shape index (κ3) is 0.851. The van der Waals surface area contributed by atoms with Gasteiger partial charge in [-0.25, -0.2) is 4.79 Å². The van der Waals surface area contributed by atoms with Gasteiger partial charge in [0.2, 0.25) is 5.60 Å². The van der Waals surface area contributed by atoms with Crippen LogP contribution >= 0.6 is 0 Å². The molecule has 22 heavy (non-hydrogen) atoms. The van der Waals surface area contributed by atoms with Crippen molar-refractivity contribution in [3.63, 3.8) is 0 Å². The molecule has 2 saturated carbocycles. The van der Waals surface area contributed by atoms with Crippen molar-refractivity contribution in [2.75, 3.05) is 6.61 Å². The highest BCUT2D eigenvalue weighted by molar-refractivity contribution is 5.91. The second-order valence-corrected chi connectivity index (χ2v) is 8.01. The molecule has 2 aliphatic carbocycles. The summed E-state index contributed by atoms with van der Waals surface area (Å²) in [4.78, 5) is 24.9. The largest absolute Gasteiger partial charge is 0.458 e. The number of hydrogen-bond donors (Lipinski definition) is 1. The second-order valence-electron chi connectivity index (χ2n) is 8.01. The maximum Gasteiger partial charge on any atom is 0.342 e. The van der Waals surface area contributed by atoms with Gasteiger partial charge in [-0.3, -0.25) is 4.79 Å². The molecule has 0 aromatic rings. The Kier molecular flexibility index (Phi) is 1.58. The van der Waals surface area contributed by atoms with Crippen molar-refractivity contribution < 1.29 is 33.6 Å². The van der Waals surface area contributed by atoms with Crippen molar-refractivity contribution in [2.45, 2.75) is 55.4 Å². The number of fused-ring (bicyclic) bond motifs is 4. The minimum atomic E-state index is -1.35. The first-order chi connectivity index (χ1) is 10.3. The molecule has 0 radical (unpaired) electrons. The Morgan fingerprint density at radius 1 is 1.23 bits per heavy atom. The molecule has 6 aliphatic rings. The summed E-state index contributed by atoms with van der Waals surface area (Å²) in [6.07, 6.45) is -1.33. The van der Waals surface area contributed by atoms with Crippen molar-refractivity contribution in [2.24, 2.45) is 17.3 Å². The number of carbonyl (C=O) groups is 2. The van der Waals surface area contributed by atoms with Crippen LogP contribution in [-0.2, 0) is 28.5 Å². The van der Waals surface area contributed by atoms with Crippen LogP contribution in [0.3, 0.4) is 0 Å². The Labute approximate surface area is 125 Å².